The Kier molecular flexibility index (Phi) is 5.33. The zero-order valence-corrected chi connectivity index (χ0v) is 14.4. The van der Waals surface area contributed by atoms with E-state index in [2.05, 4.69) is 4.98 Å². The number of aryl methyl sites for hydroxylation is 1. The van der Waals surface area contributed by atoms with Gasteiger partial charge in [-0.1, -0.05) is 0 Å². The van der Waals surface area contributed by atoms with Crippen molar-refractivity contribution in [3.05, 3.63) is 47.8 Å². The summed E-state index contributed by atoms with van der Waals surface area (Å²) in [5.74, 6) is 0.0976. The molecule has 0 bridgehead atoms. The Morgan fingerprint density at radius 3 is 2.84 bits per heavy atom. The highest BCUT2D eigenvalue weighted by molar-refractivity contribution is 5.78. The molecule has 7 heteroatoms. The molecule has 0 aliphatic carbocycles. The molecule has 0 saturated carbocycles. The summed E-state index contributed by atoms with van der Waals surface area (Å²) >= 11 is 0. The van der Waals surface area contributed by atoms with Gasteiger partial charge in [0.05, 0.1) is 25.2 Å². The maximum Gasteiger partial charge on any atom is 0.260 e. The lowest BCUT2D eigenvalue weighted by Gasteiger charge is -2.32. The van der Waals surface area contributed by atoms with Gasteiger partial charge in [0.25, 0.3) is 5.91 Å². The molecular weight excluding hydrogens is 325 g/mol. The molecule has 1 amide bonds. The SMILES string of the molecule is CCOC[C@@H]1CN(C(=O)COc2ccc(F)cc2)Cc2ncn(C)c21. The third-order valence-electron chi connectivity index (χ3n) is 4.28. The van der Waals surface area contributed by atoms with Gasteiger partial charge in [-0.05, 0) is 31.2 Å². The number of rotatable bonds is 6. The normalized spacial score (nSPS) is 16.6. The van der Waals surface area contributed by atoms with Crippen LogP contribution in [0.5, 0.6) is 5.75 Å². The summed E-state index contributed by atoms with van der Waals surface area (Å²) in [5.41, 5.74) is 2.02. The van der Waals surface area contributed by atoms with Crippen LogP contribution in [0.4, 0.5) is 4.39 Å². The van der Waals surface area contributed by atoms with E-state index in [0.29, 0.717) is 32.1 Å². The fraction of sp³-hybridized carbons (Fsp3) is 0.444. The number of imidazole rings is 1. The van der Waals surface area contributed by atoms with Crippen LogP contribution in [0.25, 0.3) is 0 Å². The zero-order chi connectivity index (χ0) is 17.8. The Morgan fingerprint density at radius 2 is 2.12 bits per heavy atom. The molecule has 0 saturated heterocycles. The van der Waals surface area contributed by atoms with Crippen LogP contribution in [0, 0.1) is 5.82 Å². The van der Waals surface area contributed by atoms with Gasteiger partial charge in [0.1, 0.15) is 11.6 Å². The van der Waals surface area contributed by atoms with Crippen LogP contribution >= 0.6 is 0 Å². The minimum Gasteiger partial charge on any atom is -0.484 e. The van der Waals surface area contributed by atoms with Gasteiger partial charge in [-0.3, -0.25) is 4.79 Å². The lowest BCUT2D eigenvalue weighted by Crippen LogP contribution is -2.42. The van der Waals surface area contributed by atoms with Crippen molar-refractivity contribution >= 4 is 5.91 Å². The molecule has 0 unspecified atom stereocenters. The molecule has 1 atom stereocenters. The molecule has 1 aromatic heterocycles. The minimum atomic E-state index is -0.337. The first kappa shape index (κ1) is 17.4. The van der Waals surface area contributed by atoms with Crippen molar-refractivity contribution in [1.29, 1.82) is 0 Å². The standard InChI is InChI=1S/C18H22FN3O3/c1-3-24-10-13-8-22(9-16-18(13)21(2)12-20-16)17(23)11-25-15-6-4-14(19)5-7-15/h4-7,12-13H,3,8-11H2,1-2H3/t13-/m0/s1. The van der Waals surface area contributed by atoms with E-state index in [0.717, 1.165) is 11.4 Å². The van der Waals surface area contributed by atoms with Gasteiger partial charge in [-0.15, -0.1) is 0 Å². The maximum absolute atomic E-state index is 12.9. The van der Waals surface area contributed by atoms with E-state index >= 15 is 0 Å². The highest BCUT2D eigenvalue weighted by atomic mass is 19.1. The quantitative estimate of drug-likeness (QED) is 0.803. The van der Waals surface area contributed by atoms with Gasteiger partial charge < -0.3 is 18.9 Å². The van der Waals surface area contributed by atoms with Crippen molar-refractivity contribution in [1.82, 2.24) is 14.5 Å². The van der Waals surface area contributed by atoms with Crippen LogP contribution in [0.3, 0.4) is 0 Å². The fourth-order valence-corrected chi connectivity index (χ4v) is 3.08. The summed E-state index contributed by atoms with van der Waals surface area (Å²) in [7, 11) is 1.96. The van der Waals surface area contributed by atoms with Gasteiger partial charge in [0.2, 0.25) is 0 Å². The Labute approximate surface area is 146 Å². The molecule has 3 rings (SSSR count). The second-order valence-electron chi connectivity index (χ2n) is 6.06. The Hall–Kier alpha value is -2.41. The molecule has 0 radical (unpaired) electrons. The molecule has 1 aromatic carbocycles. The van der Waals surface area contributed by atoms with Crippen molar-refractivity contribution in [2.75, 3.05) is 26.4 Å². The number of halogens is 1. The second kappa shape index (κ2) is 7.65. The molecule has 1 aliphatic heterocycles. The summed E-state index contributed by atoms with van der Waals surface area (Å²) in [6.45, 7) is 4.07. The molecule has 25 heavy (non-hydrogen) atoms. The van der Waals surface area contributed by atoms with E-state index < -0.39 is 0 Å². The molecular formula is C18H22FN3O3. The number of carbonyl (C=O) groups is 1. The van der Waals surface area contributed by atoms with Crippen LogP contribution < -0.4 is 4.74 Å². The monoisotopic (exact) mass is 347 g/mol. The highest BCUT2D eigenvalue weighted by Gasteiger charge is 2.31. The lowest BCUT2D eigenvalue weighted by molar-refractivity contribution is -0.135. The fourth-order valence-electron chi connectivity index (χ4n) is 3.08. The number of nitrogens with zero attached hydrogens (tertiary/aromatic N) is 3. The van der Waals surface area contributed by atoms with Crippen molar-refractivity contribution in [2.45, 2.75) is 19.4 Å². The number of ether oxygens (including phenoxy) is 2. The average Bonchev–Trinajstić information content (AvgIpc) is 3.00. The maximum atomic E-state index is 12.9. The van der Waals surface area contributed by atoms with Crippen molar-refractivity contribution in [2.24, 2.45) is 7.05 Å². The summed E-state index contributed by atoms with van der Waals surface area (Å²) in [6, 6.07) is 5.62. The molecule has 6 nitrogen and oxygen atoms in total. The second-order valence-corrected chi connectivity index (χ2v) is 6.06. The van der Waals surface area contributed by atoms with E-state index in [1.807, 2.05) is 18.5 Å². The molecule has 2 heterocycles. The van der Waals surface area contributed by atoms with Crippen LogP contribution in [0.1, 0.15) is 24.2 Å². The average molecular weight is 347 g/mol. The Morgan fingerprint density at radius 1 is 1.36 bits per heavy atom. The highest BCUT2D eigenvalue weighted by Crippen LogP contribution is 2.27. The third-order valence-corrected chi connectivity index (χ3v) is 4.28. The zero-order valence-electron chi connectivity index (χ0n) is 14.4. The van der Waals surface area contributed by atoms with E-state index in [1.165, 1.54) is 24.3 Å². The van der Waals surface area contributed by atoms with E-state index in [4.69, 9.17) is 9.47 Å². The van der Waals surface area contributed by atoms with Crippen molar-refractivity contribution < 1.29 is 18.7 Å². The number of aromatic nitrogens is 2. The summed E-state index contributed by atoms with van der Waals surface area (Å²) in [5, 5.41) is 0. The molecule has 2 aromatic rings. The first-order valence-corrected chi connectivity index (χ1v) is 8.32. The van der Waals surface area contributed by atoms with Crippen molar-refractivity contribution in [3.8, 4) is 5.75 Å². The van der Waals surface area contributed by atoms with Gasteiger partial charge in [-0.25, -0.2) is 9.37 Å². The summed E-state index contributed by atoms with van der Waals surface area (Å²) < 4.78 is 26.0. The molecule has 134 valence electrons. The Bertz CT molecular complexity index is 730. The minimum absolute atomic E-state index is 0.0881. The van der Waals surface area contributed by atoms with E-state index in [1.54, 1.807) is 11.2 Å². The largest absolute Gasteiger partial charge is 0.484 e. The Balaban J connectivity index is 1.65. The van der Waals surface area contributed by atoms with Crippen molar-refractivity contribution in [3.63, 3.8) is 0 Å². The third kappa shape index (κ3) is 3.99. The number of fused-ring (bicyclic) bond motifs is 1. The van der Waals surface area contributed by atoms with E-state index in [-0.39, 0.29) is 24.2 Å². The number of carbonyl (C=O) groups excluding carboxylic acids is 1. The molecule has 0 N–H and O–H groups in total. The smallest absolute Gasteiger partial charge is 0.260 e. The van der Waals surface area contributed by atoms with Crippen LogP contribution in [0.15, 0.2) is 30.6 Å². The van der Waals surface area contributed by atoms with Gasteiger partial charge in [-0.2, -0.15) is 0 Å². The van der Waals surface area contributed by atoms with E-state index in [9.17, 15) is 9.18 Å². The molecule has 0 spiro atoms. The van der Waals surface area contributed by atoms with Gasteiger partial charge >= 0.3 is 0 Å². The van der Waals surface area contributed by atoms with Gasteiger partial charge in [0, 0.05) is 31.8 Å². The van der Waals surface area contributed by atoms with Crippen LogP contribution in [-0.4, -0.2) is 46.7 Å². The van der Waals surface area contributed by atoms with Crippen LogP contribution in [0.2, 0.25) is 0 Å². The molecule has 1 aliphatic rings. The lowest BCUT2D eigenvalue weighted by atomic mass is 9.99. The number of hydrogen-bond donors (Lipinski definition) is 0. The topological polar surface area (TPSA) is 56.6 Å². The summed E-state index contributed by atoms with van der Waals surface area (Å²) in [4.78, 5) is 18.7. The van der Waals surface area contributed by atoms with Gasteiger partial charge in [0.15, 0.2) is 6.61 Å². The first-order chi connectivity index (χ1) is 12.1. The first-order valence-electron chi connectivity index (χ1n) is 8.32. The summed E-state index contributed by atoms with van der Waals surface area (Å²) in [6.07, 6.45) is 1.77. The number of hydrogen-bond acceptors (Lipinski definition) is 4. The predicted molar refractivity (Wildman–Crippen MR) is 89.8 cm³/mol. The number of benzene rings is 1. The van der Waals surface area contributed by atoms with Crippen LogP contribution in [-0.2, 0) is 23.1 Å². The number of amides is 1. The predicted octanol–water partition coefficient (Wildman–Crippen LogP) is 2.10. The molecule has 0 fully saturated rings.